The molecule has 174 valence electrons. The van der Waals surface area contributed by atoms with Crippen molar-refractivity contribution in [2.45, 2.75) is 44.1 Å². The van der Waals surface area contributed by atoms with Gasteiger partial charge in [-0.15, -0.1) is 0 Å². The Morgan fingerprint density at radius 3 is 2.47 bits per heavy atom. The molecule has 1 fully saturated rings. The first-order valence-corrected chi connectivity index (χ1v) is 11.8. The summed E-state index contributed by atoms with van der Waals surface area (Å²) in [6, 6.07) is 7.42. The van der Waals surface area contributed by atoms with Crippen molar-refractivity contribution in [1.82, 2.24) is 9.62 Å². The molecule has 0 aliphatic carbocycles. The van der Waals surface area contributed by atoms with Gasteiger partial charge < -0.3 is 10.0 Å². The van der Waals surface area contributed by atoms with Crippen molar-refractivity contribution in [2.75, 3.05) is 12.8 Å². The molecule has 3 atom stereocenters. The number of benzene rings is 2. The Morgan fingerprint density at radius 1 is 1.22 bits per heavy atom. The highest BCUT2D eigenvalue weighted by atomic mass is 32.2. The van der Waals surface area contributed by atoms with Crippen LogP contribution in [0.15, 0.2) is 42.5 Å². The van der Waals surface area contributed by atoms with E-state index in [1.807, 2.05) is 0 Å². The van der Waals surface area contributed by atoms with Gasteiger partial charge in [-0.2, -0.15) is 0 Å². The van der Waals surface area contributed by atoms with E-state index in [4.69, 9.17) is 0 Å². The lowest BCUT2D eigenvalue weighted by Crippen LogP contribution is -2.53. The molecule has 1 heterocycles. The molecule has 1 saturated heterocycles. The summed E-state index contributed by atoms with van der Waals surface area (Å²) in [4.78, 5) is 13.8. The predicted octanol–water partition coefficient (Wildman–Crippen LogP) is 2.41. The average molecular weight is 471 g/mol. The summed E-state index contributed by atoms with van der Waals surface area (Å²) in [6.07, 6.45) is -1.11. The normalized spacial score (nSPS) is 21.7. The lowest BCUT2D eigenvalue weighted by Gasteiger charge is -2.32. The highest BCUT2D eigenvalue weighted by molar-refractivity contribution is 7.88. The fourth-order valence-corrected chi connectivity index (χ4v) is 4.73. The SMILES string of the molecule is CC(C)(O)C(=O)N1C[C@@H](F)[C@H](NS(C)(=O)=O)[C@@H]1Cc1cccc(-c2cccc(F)c2)c1F. The number of aliphatic hydroxyl groups is 1. The van der Waals surface area contributed by atoms with Crippen molar-refractivity contribution in [3.8, 4) is 11.1 Å². The summed E-state index contributed by atoms with van der Waals surface area (Å²) in [5, 5.41) is 10.1. The second-order valence-electron chi connectivity index (χ2n) is 8.51. The Balaban J connectivity index is 2.02. The fraction of sp³-hybridized carbons (Fsp3) is 0.409. The fourth-order valence-electron chi connectivity index (χ4n) is 3.94. The van der Waals surface area contributed by atoms with Crippen LogP contribution in [0.1, 0.15) is 19.4 Å². The van der Waals surface area contributed by atoms with Crippen molar-refractivity contribution >= 4 is 15.9 Å². The van der Waals surface area contributed by atoms with Gasteiger partial charge in [-0.05, 0) is 43.5 Å². The van der Waals surface area contributed by atoms with Crippen molar-refractivity contribution in [3.63, 3.8) is 0 Å². The molecule has 0 radical (unpaired) electrons. The number of carbonyl (C=O) groups excluding carboxylic acids is 1. The lowest BCUT2D eigenvalue weighted by atomic mass is 9.95. The van der Waals surface area contributed by atoms with Crippen LogP contribution in [0.2, 0.25) is 0 Å². The van der Waals surface area contributed by atoms with Crippen LogP contribution in [0.3, 0.4) is 0 Å². The van der Waals surface area contributed by atoms with Crippen molar-refractivity contribution in [2.24, 2.45) is 0 Å². The Hall–Kier alpha value is -2.43. The summed E-state index contributed by atoms with van der Waals surface area (Å²) < 4.78 is 69.6. The van der Waals surface area contributed by atoms with E-state index in [0.29, 0.717) is 5.56 Å². The zero-order valence-corrected chi connectivity index (χ0v) is 18.7. The van der Waals surface area contributed by atoms with E-state index in [0.717, 1.165) is 11.2 Å². The molecule has 6 nitrogen and oxygen atoms in total. The molecule has 0 spiro atoms. The quantitative estimate of drug-likeness (QED) is 0.679. The van der Waals surface area contributed by atoms with Crippen LogP contribution in [-0.4, -0.2) is 61.0 Å². The average Bonchev–Trinajstić information content (AvgIpc) is 2.96. The summed E-state index contributed by atoms with van der Waals surface area (Å²) in [7, 11) is -3.84. The van der Waals surface area contributed by atoms with Gasteiger partial charge >= 0.3 is 0 Å². The summed E-state index contributed by atoms with van der Waals surface area (Å²) in [6.45, 7) is 2.02. The van der Waals surface area contributed by atoms with E-state index in [2.05, 4.69) is 4.72 Å². The molecule has 2 N–H and O–H groups in total. The molecule has 0 unspecified atom stereocenters. The molecule has 3 rings (SSSR count). The molecule has 1 aliphatic heterocycles. The zero-order valence-electron chi connectivity index (χ0n) is 17.8. The van der Waals surface area contributed by atoms with Crippen LogP contribution >= 0.6 is 0 Å². The molecule has 1 amide bonds. The van der Waals surface area contributed by atoms with Gasteiger partial charge in [-0.3, -0.25) is 4.79 Å². The van der Waals surface area contributed by atoms with E-state index >= 15 is 4.39 Å². The van der Waals surface area contributed by atoms with Gasteiger partial charge in [-0.25, -0.2) is 26.3 Å². The number of nitrogens with one attached hydrogen (secondary N) is 1. The third kappa shape index (κ3) is 5.31. The van der Waals surface area contributed by atoms with E-state index in [9.17, 15) is 27.1 Å². The smallest absolute Gasteiger partial charge is 0.254 e. The molecule has 0 aromatic heterocycles. The number of alkyl halides is 1. The zero-order chi connectivity index (χ0) is 23.8. The molecule has 0 bridgehead atoms. The van der Waals surface area contributed by atoms with Gasteiger partial charge in [0.2, 0.25) is 10.0 Å². The maximum atomic E-state index is 15.4. The third-order valence-corrected chi connectivity index (χ3v) is 6.05. The summed E-state index contributed by atoms with van der Waals surface area (Å²) in [5.41, 5.74) is -1.32. The number of carbonyl (C=O) groups is 1. The van der Waals surface area contributed by atoms with E-state index < -0.39 is 58.0 Å². The summed E-state index contributed by atoms with van der Waals surface area (Å²) >= 11 is 0. The van der Waals surface area contributed by atoms with Crippen LogP contribution in [0.25, 0.3) is 11.1 Å². The van der Waals surface area contributed by atoms with Gasteiger partial charge in [0.25, 0.3) is 5.91 Å². The van der Waals surface area contributed by atoms with Crippen molar-refractivity contribution in [1.29, 1.82) is 0 Å². The molecule has 2 aromatic carbocycles. The monoisotopic (exact) mass is 470 g/mol. The molecule has 10 heteroatoms. The predicted molar refractivity (Wildman–Crippen MR) is 114 cm³/mol. The number of hydrogen-bond donors (Lipinski definition) is 2. The minimum atomic E-state index is -3.84. The second-order valence-corrected chi connectivity index (χ2v) is 10.3. The number of likely N-dealkylation sites (tertiary alicyclic amines) is 1. The lowest BCUT2D eigenvalue weighted by molar-refractivity contribution is -0.149. The number of amides is 1. The first-order chi connectivity index (χ1) is 14.8. The van der Waals surface area contributed by atoms with Crippen molar-refractivity contribution < 1.29 is 31.5 Å². The van der Waals surface area contributed by atoms with Gasteiger partial charge in [0, 0.05) is 5.56 Å². The van der Waals surface area contributed by atoms with Crippen LogP contribution in [0.5, 0.6) is 0 Å². The maximum Gasteiger partial charge on any atom is 0.254 e. The maximum absolute atomic E-state index is 15.4. The minimum Gasteiger partial charge on any atom is -0.381 e. The Bertz CT molecular complexity index is 1120. The largest absolute Gasteiger partial charge is 0.381 e. The second kappa shape index (κ2) is 8.84. The first kappa shape index (κ1) is 24.2. The van der Waals surface area contributed by atoms with Crippen LogP contribution in [-0.2, 0) is 21.2 Å². The van der Waals surface area contributed by atoms with Crippen LogP contribution < -0.4 is 4.72 Å². The molecule has 2 aromatic rings. The number of halogens is 3. The van der Waals surface area contributed by atoms with Gasteiger partial charge in [0.05, 0.1) is 24.9 Å². The Kier molecular flexibility index (Phi) is 6.69. The highest BCUT2D eigenvalue weighted by Gasteiger charge is 2.48. The number of nitrogens with zero attached hydrogens (tertiary/aromatic N) is 1. The highest BCUT2D eigenvalue weighted by Crippen LogP contribution is 2.31. The van der Waals surface area contributed by atoms with Crippen LogP contribution in [0.4, 0.5) is 13.2 Å². The molecule has 32 heavy (non-hydrogen) atoms. The molecular formula is C22H25F3N2O4S. The van der Waals surface area contributed by atoms with Gasteiger partial charge in [-0.1, -0.05) is 30.3 Å². The van der Waals surface area contributed by atoms with Gasteiger partial charge in [0.1, 0.15) is 23.4 Å². The summed E-state index contributed by atoms with van der Waals surface area (Å²) in [5.74, 6) is -2.03. The third-order valence-electron chi connectivity index (χ3n) is 5.35. The number of sulfonamides is 1. The molecule has 0 saturated carbocycles. The first-order valence-electron chi connectivity index (χ1n) is 9.96. The minimum absolute atomic E-state index is 0.0970. The van der Waals surface area contributed by atoms with E-state index in [1.165, 1.54) is 50.2 Å². The number of hydrogen-bond acceptors (Lipinski definition) is 4. The van der Waals surface area contributed by atoms with Crippen LogP contribution in [0, 0.1) is 11.6 Å². The topological polar surface area (TPSA) is 86.7 Å². The molecular weight excluding hydrogens is 445 g/mol. The Morgan fingerprint density at radius 2 is 1.88 bits per heavy atom. The van der Waals surface area contributed by atoms with E-state index in [-0.39, 0.29) is 17.5 Å². The number of rotatable bonds is 6. The Labute approximate surface area is 185 Å². The van der Waals surface area contributed by atoms with Crippen molar-refractivity contribution in [3.05, 3.63) is 59.7 Å². The van der Waals surface area contributed by atoms with E-state index in [1.54, 1.807) is 6.07 Å². The molecule has 1 aliphatic rings. The standard InChI is InChI=1S/C22H25F3N2O4S/c1-22(2,29)21(28)27-12-17(24)20(26-32(3,30)31)18(27)11-14-7-5-9-16(19(14)25)13-6-4-8-15(23)10-13/h4-10,17-18,20,26,29H,11-12H2,1-3H3/t17-,18+,20+/m1/s1. The van der Waals surface area contributed by atoms with Gasteiger partial charge in [0.15, 0.2) is 0 Å².